The molecule has 1 amide bonds. The van der Waals surface area contributed by atoms with Gasteiger partial charge in [-0.3, -0.25) is 4.79 Å². The minimum absolute atomic E-state index is 0.0104. The molecule has 0 saturated carbocycles. The fourth-order valence-electron chi connectivity index (χ4n) is 2.27. The smallest absolute Gasteiger partial charge is 0.224 e. The molecule has 0 fully saturated rings. The highest BCUT2D eigenvalue weighted by Gasteiger charge is 2.09. The third-order valence-corrected chi connectivity index (χ3v) is 3.31. The Morgan fingerprint density at radius 2 is 2.25 bits per heavy atom. The predicted molar refractivity (Wildman–Crippen MR) is 77.3 cm³/mol. The van der Waals surface area contributed by atoms with Crippen LogP contribution in [0.3, 0.4) is 0 Å². The van der Waals surface area contributed by atoms with E-state index in [1.54, 1.807) is 6.26 Å². The number of aryl methyl sites for hydroxylation is 1. The Bertz CT molecular complexity index is 726. The summed E-state index contributed by atoms with van der Waals surface area (Å²) in [5, 5.41) is 3.97. The first-order valence-corrected chi connectivity index (χ1v) is 6.58. The summed E-state index contributed by atoms with van der Waals surface area (Å²) in [7, 11) is 0. The van der Waals surface area contributed by atoms with E-state index in [1.165, 1.54) is 5.56 Å². The van der Waals surface area contributed by atoms with Gasteiger partial charge < -0.3 is 14.7 Å². The molecule has 3 aromatic rings. The van der Waals surface area contributed by atoms with Gasteiger partial charge in [-0.05, 0) is 36.8 Å². The van der Waals surface area contributed by atoms with Crippen molar-refractivity contribution in [2.45, 2.75) is 19.9 Å². The number of fused-ring (bicyclic) bond motifs is 1. The number of benzene rings is 1. The van der Waals surface area contributed by atoms with Crippen LogP contribution in [0.15, 0.2) is 47.2 Å². The van der Waals surface area contributed by atoms with Gasteiger partial charge >= 0.3 is 0 Å². The van der Waals surface area contributed by atoms with Gasteiger partial charge in [-0.15, -0.1) is 0 Å². The molecule has 4 heteroatoms. The van der Waals surface area contributed by atoms with Crippen LogP contribution in [0.2, 0.25) is 0 Å². The van der Waals surface area contributed by atoms with E-state index in [0.29, 0.717) is 13.0 Å². The fourth-order valence-corrected chi connectivity index (χ4v) is 2.27. The molecule has 0 bridgehead atoms. The van der Waals surface area contributed by atoms with Gasteiger partial charge in [0, 0.05) is 17.1 Å². The molecular weight excluding hydrogens is 252 g/mol. The zero-order valence-corrected chi connectivity index (χ0v) is 11.3. The lowest BCUT2D eigenvalue weighted by molar-refractivity contribution is -0.120. The van der Waals surface area contributed by atoms with Crippen molar-refractivity contribution in [3.05, 3.63) is 59.7 Å². The third kappa shape index (κ3) is 2.59. The van der Waals surface area contributed by atoms with Gasteiger partial charge in [-0.1, -0.05) is 11.6 Å². The number of aromatic nitrogens is 1. The van der Waals surface area contributed by atoms with E-state index in [9.17, 15) is 4.79 Å². The van der Waals surface area contributed by atoms with Crippen LogP contribution in [-0.4, -0.2) is 10.9 Å². The van der Waals surface area contributed by atoms with Crippen molar-refractivity contribution in [2.75, 3.05) is 0 Å². The highest BCUT2D eigenvalue weighted by Crippen LogP contribution is 2.20. The summed E-state index contributed by atoms with van der Waals surface area (Å²) in [6, 6.07) is 9.84. The highest BCUT2D eigenvalue weighted by molar-refractivity contribution is 5.89. The second-order valence-corrected chi connectivity index (χ2v) is 4.90. The summed E-state index contributed by atoms with van der Waals surface area (Å²) in [6.45, 7) is 2.47. The van der Waals surface area contributed by atoms with Gasteiger partial charge in [-0.2, -0.15) is 0 Å². The van der Waals surface area contributed by atoms with E-state index in [0.717, 1.165) is 22.2 Å². The molecule has 3 rings (SSSR count). The number of aromatic amines is 1. The Morgan fingerprint density at radius 1 is 1.35 bits per heavy atom. The number of H-pyrrole nitrogens is 1. The van der Waals surface area contributed by atoms with E-state index in [4.69, 9.17) is 4.42 Å². The van der Waals surface area contributed by atoms with Crippen LogP contribution < -0.4 is 5.32 Å². The van der Waals surface area contributed by atoms with E-state index < -0.39 is 0 Å². The monoisotopic (exact) mass is 268 g/mol. The van der Waals surface area contributed by atoms with Crippen molar-refractivity contribution in [1.82, 2.24) is 10.3 Å². The maximum atomic E-state index is 12.0. The fraction of sp³-hybridized carbons (Fsp3) is 0.188. The molecule has 0 saturated heterocycles. The van der Waals surface area contributed by atoms with Crippen LogP contribution in [0.1, 0.15) is 16.9 Å². The Hall–Kier alpha value is -2.49. The number of furan rings is 1. The Balaban J connectivity index is 1.69. The Labute approximate surface area is 116 Å². The summed E-state index contributed by atoms with van der Waals surface area (Å²) in [6.07, 6.45) is 3.87. The summed E-state index contributed by atoms with van der Waals surface area (Å²) in [5.74, 6) is 0.747. The summed E-state index contributed by atoms with van der Waals surface area (Å²) < 4.78 is 5.18. The normalized spacial score (nSPS) is 10.8. The highest BCUT2D eigenvalue weighted by atomic mass is 16.3. The lowest BCUT2D eigenvalue weighted by atomic mass is 10.1. The van der Waals surface area contributed by atoms with Gasteiger partial charge in [0.25, 0.3) is 0 Å². The molecule has 4 nitrogen and oxygen atoms in total. The second-order valence-electron chi connectivity index (χ2n) is 4.90. The average Bonchev–Trinajstić information content (AvgIpc) is 3.07. The largest absolute Gasteiger partial charge is 0.467 e. The minimum atomic E-state index is -0.0104. The number of nitrogens with one attached hydrogen (secondary N) is 2. The Kier molecular flexibility index (Phi) is 3.29. The van der Waals surface area contributed by atoms with Crippen LogP contribution in [0.25, 0.3) is 10.9 Å². The molecule has 0 aliphatic heterocycles. The molecule has 20 heavy (non-hydrogen) atoms. The van der Waals surface area contributed by atoms with Crippen molar-refractivity contribution < 1.29 is 9.21 Å². The molecule has 0 aliphatic carbocycles. The minimum Gasteiger partial charge on any atom is -0.467 e. The number of hydrogen-bond donors (Lipinski definition) is 2. The number of carbonyl (C=O) groups is 1. The first-order valence-electron chi connectivity index (χ1n) is 6.58. The lowest BCUT2D eigenvalue weighted by Crippen LogP contribution is -2.24. The first kappa shape index (κ1) is 12.5. The van der Waals surface area contributed by atoms with E-state index in [-0.39, 0.29) is 5.91 Å². The maximum absolute atomic E-state index is 12.0. The first-order chi connectivity index (χ1) is 9.72. The van der Waals surface area contributed by atoms with Crippen LogP contribution >= 0.6 is 0 Å². The number of hydrogen-bond acceptors (Lipinski definition) is 2. The maximum Gasteiger partial charge on any atom is 0.224 e. The average molecular weight is 268 g/mol. The van der Waals surface area contributed by atoms with Crippen molar-refractivity contribution in [2.24, 2.45) is 0 Å². The summed E-state index contributed by atoms with van der Waals surface area (Å²) >= 11 is 0. The predicted octanol–water partition coefficient (Wildman–Crippen LogP) is 2.93. The molecule has 0 spiro atoms. The van der Waals surface area contributed by atoms with Crippen LogP contribution in [-0.2, 0) is 17.8 Å². The van der Waals surface area contributed by atoms with E-state index in [2.05, 4.69) is 22.4 Å². The zero-order valence-electron chi connectivity index (χ0n) is 11.3. The molecule has 0 radical (unpaired) electrons. The van der Waals surface area contributed by atoms with Gasteiger partial charge in [-0.25, -0.2) is 0 Å². The summed E-state index contributed by atoms with van der Waals surface area (Å²) in [5.41, 5.74) is 3.26. The molecule has 2 heterocycles. The van der Waals surface area contributed by atoms with Crippen molar-refractivity contribution in [1.29, 1.82) is 0 Å². The zero-order chi connectivity index (χ0) is 13.9. The van der Waals surface area contributed by atoms with Gasteiger partial charge in [0.15, 0.2) is 0 Å². The quantitative estimate of drug-likeness (QED) is 0.764. The third-order valence-electron chi connectivity index (χ3n) is 3.31. The Morgan fingerprint density at radius 3 is 3.05 bits per heavy atom. The molecule has 0 aliphatic rings. The molecule has 1 aromatic carbocycles. The number of carbonyl (C=O) groups excluding carboxylic acids is 1. The summed E-state index contributed by atoms with van der Waals surface area (Å²) in [4.78, 5) is 15.2. The lowest BCUT2D eigenvalue weighted by Gasteiger charge is -2.03. The van der Waals surface area contributed by atoms with Crippen molar-refractivity contribution >= 4 is 16.8 Å². The van der Waals surface area contributed by atoms with Crippen molar-refractivity contribution in [3.63, 3.8) is 0 Å². The van der Waals surface area contributed by atoms with E-state index in [1.807, 2.05) is 31.3 Å². The van der Waals surface area contributed by atoms with Crippen molar-refractivity contribution in [3.8, 4) is 0 Å². The molecule has 102 valence electrons. The van der Waals surface area contributed by atoms with Gasteiger partial charge in [0.1, 0.15) is 5.76 Å². The van der Waals surface area contributed by atoms with Crippen LogP contribution in [0, 0.1) is 6.92 Å². The SMILES string of the molecule is Cc1ccc2[nH]cc(CC(=O)NCc3ccco3)c2c1. The van der Waals surface area contributed by atoms with E-state index >= 15 is 0 Å². The number of amides is 1. The van der Waals surface area contributed by atoms with Crippen LogP contribution in [0.4, 0.5) is 0 Å². The molecule has 2 N–H and O–H groups in total. The van der Waals surface area contributed by atoms with Gasteiger partial charge in [0.05, 0.1) is 19.2 Å². The molecular formula is C16H16N2O2. The standard InChI is InChI=1S/C16H16N2O2/c1-11-4-5-15-14(7-11)12(9-17-15)8-16(19)18-10-13-3-2-6-20-13/h2-7,9,17H,8,10H2,1H3,(H,18,19). The molecule has 0 atom stereocenters. The topological polar surface area (TPSA) is 58.0 Å². The number of rotatable bonds is 4. The molecule has 2 aromatic heterocycles. The van der Waals surface area contributed by atoms with Crippen LogP contribution in [0.5, 0.6) is 0 Å². The van der Waals surface area contributed by atoms with Gasteiger partial charge in [0.2, 0.25) is 5.91 Å². The molecule has 0 unspecified atom stereocenters. The second kappa shape index (κ2) is 5.25.